The second-order valence-corrected chi connectivity index (χ2v) is 3.34. The molecule has 10 heavy (non-hydrogen) atoms. The highest BCUT2D eigenvalue weighted by molar-refractivity contribution is 4.66. The molecule has 0 atom stereocenters. The van der Waals surface area contributed by atoms with Gasteiger partial charge in [0.15, 0.2) is 0 Å². The summed E-state index contributed by atoms with van der Waals surface area (Å²) >= 11 is 0. The van der Waals surface area contributed by atoms with Gasteiger partial charge in [0, 0.05) is 5.54 Å². The van der Waals surface area contributed by atoms with Crippen LogP contribution in [-0.2, 0) is 0 Å². The summed E-state index contributed by atoms with van der Waals surface area (Å²) in [7, 11) is 0. The van der Waals surface area contributed by atoms with E-state index in [1.165, 1.54) is 12.8 Å². The lowest BCUT2D eigenvalue weighted by Crippen LogP contribution is -2.30. The fourth-order valence-corrected chi connectivity index (χ4v) is 0. The molecule has 0 amide bonds. The minimum atomic E-state index is 0.0417. The van der Waals surface area contributed by atoms with Gasteiger partial charge in [0.1, 0.15) is 0 Å². The van der Waals surface area contributed by atoms with Crippen molar-refractivity contribution in [1.29, 1.82) is 0 Å². The van der Waals surface area contributed by atoms with Gasteiger partial charge in [-0.3, -0.25) is 0 Å². The highest BCUT2D eigenvalue weighted by atomic mass is 14.7. The standard InChI is InChI=1S/C5H13N.C4H10/c1-4-5(2,3)6;1-3-4-2/h4,6H2,1-3H3;3-4H2,1-2H3. The van der Waals surface area contributed by atoms with Crippen LogP contribution < -0.4 is 5.73 Å². The molecule has 0 aliphatic carbocycles. The molecule has 1 heteroatoms. The number of unbranched alkanes of at least 4 members (excludes halogenated alkanes) is 1. The van der Waals surface area contributed by atoms with E-state index in [1.807, 2.05) is 13.8 Å². The first-order chi connectivity index (χ1) is 4.47. The summed E-state index contributed by atoms with van der Waals surface area (Å²) < 4.78 is 0. The Hall–Kier alpha value is -0.0400. The van der Waals surface area contributed by atoms with E-state index in [4.69, 9.17) is 5.73 Å². The lowest BCUT2D eigenvalue weighted by Gasteiger charge is -2.13. The van der Waals surface area contributed by atoms with Crippen LogP contribution in [0.3, 0.4) is 0 Å². The summed E-state index contributed by atoms with van der Waals surface area (Å²) in [5.41, 5.74) is 5.58. The first-order valence-corrected chi connectivity index (χ1v) is 4.26. The second-order valence-electron chi connectivity index (χ2n) is 3.34. The van der Waals surface area contributed by atoms with Crippen LogP contribution in [0.4, 0.5) is 0 Å². The maximum atomic E-state index is 5.53. The third-order valence-electron chi connectivity index (χ3n) is 1.41. The van der Waals surface area contributed by atoms with Gasteiger partial charge in [-0.2, -0.15) is 0 Å². The zero-order valence-electron chi connectivity index (χ0n) is 8.20. The van der Waals surface area contributed by atoms with Crippen molar-refractivity contribution < 1.29 is 0 Å². The van der Waals surface area contributed by atoms with Crippen LogP contribution in [0.1, 0.15) is 53.9 Å². The van der Waals surface area contributed by atoms with Crippen LogP contribution in [0, 0.1) is 0 Å². The number of hydrogen-bond donors (Lipinski definition) is 1. The van der Waals surface area contributed by atoms with Gasteiger partial charge in [0.25, 0.3) is 0 Å². The van der Waals surface area contributed by atoms with Gasteiger partial charge in [-0.1, -0.05) is 33.6 Å². The Labute approximate surface area is 66.0 Å². The Balaban J connectivity index is 0. The molecule has 0 aliphatic heterocycles. The molecule has 0 heterocycles. The molecule has 0 aliphatic rings. The van der Waals surface area contributed by atoms with Crippen LogP contribution in [0.25, 0.3) is 0 Å². The van der Waals surface area contributed by atoms with E-state index in [0.29, 0.717) is 0 Å². The quantitative estimate of drug-likeness (QED) is 0.635. The molecule has 0 spiro atoms. The smallest absolute Gasteiger partial charge is 0.00944 e. The normalized spacial score (nSPS) is 10.2. The summed E-state index contributed by atoms with van der Waals surface area (Å²) in [4.78, 5) is 0. The maximum absolute atomic E-state index is 5.53. The Morgan fingerprint density at radius 1 is 1.00 bits per heavy atom. The van der Waals surface area contributed by atoms with Crippen molar-refractivity contribution in [3.05, 3.63) is 0 Å². The molecule has 0 rings (SSSR count). The van der Waals surface area contributed by atoms with Crippen molar-refractivity contribution in [3.63, 3.8) is 0 Å². The predicted molar refractivity (Wildman–Crippen MR) is 49.1 cm³/mol. The summed E-state index contributed by atoms with van der Waals surface area (Å²) in [6.45, 7) is 10.5. The number of nitrogens with two attached hydrogens (primary N) is 1. The van der Waals surface area contributed by atoms with Crippen LogP contribution in [0.2, 0.25) is 0 Å². The Bertz CT molecular complexity index is 50.2. The van der Waals surface area contributed by atoms with Gasteiger partial charge in [0.05, 0.1) is 0 Å². The predicted octanol–water partition coefficient (Wildman–Crippen LogP) is 2.94. The summed E-state index contributed by atoms with van der Waals surface area (Å²) in [5, 5.41) is 0. The lowest BCUT2D eigenvalue weighted by molar-refractivity contribution is 0.501. The maximum Gasteiger partial charge on any atom is 0.00944 e. The number of rotatable bonds is 2. The van der Waals surface area contributed by atoms with Gasteiger partial charge in [-0.05, 0) is 20.3 Å². The van der Waals surface area contributed by atoms with Gasteiger partial charge in [-0.25, -0.2) is 0 Å². The third-order valence-corrected chi connectivity index (χ3v) is 1.41. The van der Waals surface area contributed by atoms with Gasteiger partial charge < -0.3 is 5.73 Å². The second kappa shape index (κ2) is 7.07. The average Bonchev–Trinajstić information content (AvgIpc) is 1.87. The van der Waals surface area contributed by atoms with E-state index in [-0.39, 0.29) is 5.54 Å². The molecule has 64 valence electrons. The van der Waals surface area contributed by atoms with Crippen molar-refractivity contribution in [3.8, 4) is 0 Å². The first-order valence-electron chi connectivity index (χ1n) is 4.26. The third kappa shape index (κ3) is 24.6. The average molecular weight is 145 g/mol. The molecule has 1 nitrogen and oxygen atoms in total. The Kier molecular flexibility index (Phi) is 8.92. The molecule has 0 saturated heterocycles. The van der Waals surface area contributed by atoms with E-state index in [0.717, 1.165) is 6.42 Å². The zero-order valence-corrected chi connectivity index (χ0v) is 8.20. The van der Waals surface area contributed by atoms with Crippen LogP contribution >= 0.6 is 0 Å². The fourth-order valence-electron chi connectivity index (χ4n) is 0. The van der Waals surface area contributed by atoms with Gasteiger partial charge >= 0.3 is 0 Å². The van der Waals surface area contributed by atoms with Crippen molar-refractivity contribution >= 4 is 0 Å². The molecule has 0 radical (unpaired) electrons. The summed E-state index contributed by atoms with van der Waals surface area (Å²) in [5.74, 6) is 0. The monoisotopic (exact) mass is 145 g/mol. The Morgan fingerprint density at radius 2 is 1.20 bits per heavy atom. The van der Waals surface area contributed by atoms with Crippen LogP contribution in [0.5, 0.6) is 0 Å². The fraction of sp³-hybridized carbons (Fsp3) is 1.00. The SMILES string of the molecule is CCC(C)(C)N.CCCC. The van der Waals surface area contributed by atoms with Crippen molar-refractivity contribution in [2.45, 2.75) is 59.4 Å². The minimum Gasteiger partial charge on any atom is -0.326 e. The van der Waals surface area contributed by atoms with Crippen LogP contribution in [-0.4, -0.2) is 5.54 Å². The molecule has 0 aromatic heterocycles. The molecule has 2 N–H and O–H groups in total. The van der Waals surface area contributed by atoms with Crippen LogP contribution in [0.15, 0.2) is 0 Å². The highest BCUT2D eigenvalue weighted by Crippen LogP contribution is 1.99. The van der Waals surface area contributed by atoms with E-state index >= 15 is 0 Å². The van der Waals surface area contributed by atoms with Crippen molar-refractivity contribution in [1.82, 2.24) is 0 Å². The van der Waals surface area contributed by atoms with E-state index in [2.05, 4.69) is 20.8 Å². The molecule has 0 unspecified atom stereocenters. The minimum absolute atomic E-state index is 0.0417. The van der Waals surface area contributed by atoms with Crippen molar-refractivity contribution in [2.75, 3.05) is 0 Å². The largest absolute Gasteiger partial charge is 0.326 e. The van der Waals surface area contributed by atoms with Gasteiger partial charge in [-0.15, -0.1) is 0 Å². The van der Waals surface area contributed by atoms with Crippen molar-refractivity contribution in [2.24, 2.45) is 5.73 Å². The van der Waals surface area contributed by atoms with E-state index < -0.39 is 0 Å². The lowest BCUT2D eigenvalue weighted by atomic mass is 10.1. The topological polar surface area (TPSA) is 26.0 Å². The Morgan fingerprint density at radius 3 is 1.20 bits per heavy atom. The molecule has 0 aromatic rings. The molecule has 0 saturated carbocycles. The van der Waals surface area contributed by atoms with E-state index in [9.17, 15) is 0 Å². The van der Waals surface area contributed by atoms with Gasteiger partial charge in [0.2, 0.25) is 0 Å². The zero-order chi connectivity index (χ0) is 8.62. The summed E-state index contributed by atoms with van der Waals surface area (Å²) in [6.07, 6.45) is 3.69. The molecule has 0 fully saturated rings. The molecule has 0 aromatic carbocycles. The molecular formula is C9H23N. The molecular weight excluding hydrogens is 122 g/mol. The first kappa shape index (κ1) is 12.6. The number of hydrogen-bond acceptors (Lipinski definition) is 1. The highest BCUT2D eigenvalue weighted by Gasteiger charge is 2.03. The summed E-state index contributed by atoms with van der Waals surface area (Å²) in [6, 6.07) is 0. The van der Waals surface area contributed by atoms with E-state index in [1.54, 1.807) is 0 Å². The molecule has 0 bridgehead atoms.